The molecule has 0 saturated carbocycles. The van der Waals surface area contributed by atoms with E-state index in [0.29, 0.717) is 6.04 Å². The van der Waals surface area contributed by atoms with E-state index in [1.54, 1.807) is 0 Å². The number of piperidine rings is 1. The molecule has 2 unspecified atom stereocenters. The van der Waals surface area contributed by atoms with Crippen molar-refractivity contribution in [2.24, 2.45) is 5.92 Å². The maximum absolute atomic E-state index is 6.18. The number of anilines is 2. The van der Waals surface area contributed by atoms with Crippen LogP contribution in [0, 0.1) is 12.8 Å². The molecule has 0 radical (unpaired) electrons. The molecule has 2 N–H and O–H groups in total. The van der Waals surface area contributed by atoms with Gasteiger partial charge in [-0.25, -0.2) is 0 Å². The van der Waals surface area contributed by atoms with E-state index in [1.165, 1.54) is 24.1 Å². The summed E-state index contributed by atoms with van der Waals surface area (Å²) in [6.07, 6.45) is 2.61. The number of aryl methyl sites for hydroxylation is 1. The van der Waals surface area contributed by atoms with Crippen molar-refractivity contribution >= 4 is 11.4 Å². The van der Waals surface area contributed by atoms with Crippen molar-refractivity contribution in [2.45, 2.75) is 39.7 Å². The molecule has 2 heteroatoms. The molecule has 0 aromatic heterocycles. The molecule has 1 aromatic rings. The van der Waals surface area contributed by atoms with Crippen LogP contribution in [-0.4, -0.2) is 12.6 Å². The standard InChI is InChI=1S/C14H22N2/c1-10-7-5-9-16(12(10)3)13-8-4-6-11(2)14(13)15/h4,6,8,10,12H,5,7,9,15H2,1-3H3. The Hall–Kier alpha value is -1.18. The molecule has 1 aliphatic rings. The highest BCUT2D eigenvalue weighted by Crippen LogP contribution is 2.33. The van der Waals surface area contributed by atoms with Crippen LogP contribution in [0.5, 0.6) is 0 Å². The van der Waals surface area contributed by atoms with Crippen LogP contribution >= 0.6 is 0 Å². The van der Waals surface area contributed by atoms with Crippen molar-refractivity contribution in [3.05, 3.63) is 23.8 Å². The van der Waals surface area contributed by atoms with Crippen molar-refractivity contribution in [3.63, 3.8) is 0 Å². The Balaban J connectivity index is 2.32. The van der Waals surface area contributed by atoms with Gasteiger partial charge in [-0.05, 0) is 44.2 Å². The summed E-state index contributed by atoms with van der Waals surface area (Å²) in [4.78, 5) is 2.47. The van der Waals surface area contributed by atoms with Gasteiger partial charge in [0.1, 0.15) is 0 Å². The van der Waals surface area contributed by atoms with E-state index in [2.05, 4.69) is 43.9 Å². The van der Waals surface area contributed by atoms with Gasteiger partial charge < -0.3 is 10.6 Å². The maximum atomic E-state index is 6.18. The van der Waals surface area contributed by atoms with Gasteiger partial charge in [-0.2, -0.15) is 0 Å². The van der Waals surface area contributed by atoms with Crippen LogP contribution in [0.3, 0.4) is 0 Å². The summed E-state index contributed by atoms with van der Waals surface area (Å²) >= 11 is 0. The van der Waals surface area contributed by atoms with Crippen LogP contribution in [0.15, 0.2) is 18.2 Å². The Morgan fingerprint density at radius 2 is 2.06 bits per heavy atom. The monoisotopic (exact) mass is 218 g/mol. The van der Waals surface area contributed by atoms with Crippen LogP contribution in [0.25, 0.3) is 0 Å². The fourth-order valence-corrected chi connectivity index (χ4v) is 2.59. The van der Waals surface area contributed by atoms with Crippen LogP contribution < -0.4 is 10.6 Å². The average Bonchev–Trinajstić information content (AvgIpc) is 2.27. The summed E-state index contributed by atoms with van der Waals surface area (Å²) < 4.78 is 0. The highest BCUT2D eigenvalue weighted by Gasteiger charge is 2.25. The minimum atomic E-state index is 0.595. The number of nitrogen functional groups attached to an aromatic ring is 1. The lowest BCUT2D eigenvalue weighted by Crippen LogP contribution is -2.42. The molecule has 2 rings (SSSR count). The highest BCUT2D eigenvalue weighted by atomic mass is 15.2. The van der Waals surface area contributed by atoms with Crippen molar-refractivity contribution in [3.8, 4) is 0 Å². The molecule has 0 spiro atoms. The third-order valence-electron chi connectivity index (χ3n) is 3.98. The van der Waals surface area contributed by atoms with Crippen LogP contribution in [-0.2, 0) is 0 Å². The Labute approximate surface area is 98.4 Å². The van der Waals surface area contributed by atoms with Gasteiger partial charge in [0, 0.05) is 12.6 Å². The number of hydrogen-bond acceptors (Lipinski definition) is 2. The molecule has 16 heavy (non-hydrogen) atoms. The number of rotatable bonds is 1. The summed E-state index contributed by atoms with van der Waals surface area (Å²) in [5.74, 6) is 0.758. The molecule has 1 aliphatic heterocycles. The van der Waals surface area contributed by atoms with E-state index in [9.17, 15) is 0 Å². The molecule has 88 valence electrons. The van der Waals surface area contributed by atoms with Gasteiger partial charge in [0.25, 0.3) is 0 Å². The van der Waals surface area contributed by atoms with E-state index < -0.39 is 0 Å². The fraction of sp³-hybridized carbons (Fsp3) is 0.571. The summed E-state index contributed by atoms with van der Waals surface area (Å²) in [5.41, 5.74) is 9.53. The predicted octanol–water partition coefficient (Wildman–Crippen LogP) is 3.20. The van der Waals surface area contributed by atoms with Gasteiger partial charge in [0.05, 0.1) is 11.4 Å². The van der Waals surface area contributed by atoms with E-state index in [1.807, 2.05) is 0 Å². The summed E-state index contributed by atoms with van der Waals surface area (Å²) in [5, 5.41) is 0. The molecule has 0 amide bonds. The molecule has 1 heterocycles. The molecular formula is C14H22N2. The molecule has 1 saturated heterocycles. The molecule has 0 bridgehead atoms. The van der Waals surface area contributed by atoms with E-state index >= 15 is 0 Å². The van der Waals surface area contributed by atoms with Crippen LogP contribution in [0.2, 0.25) is 0 Å². The number of nitrogens with two attached hydrogens (primary N) is 1. The second-order valence-electron chi connectivity index (χ2n) is 5.06. The zero-order chi connectivity index (χ0) is 11.7. The lowest BCUT2D eigenvalue weighted by atomic mass is 9.91. The molecule has 1 fully saturated rings. The predicted molar refractivity (Wildman–Crippen MR) is 70.8 cm³/mol. The lowest BCUT2D eigenvalue weighted by Gasteiger charge is -2.40. The smallest absolute Gasteiger partial charge is 0.0605 e. The lowest BCUT2D eigenvalue weighted by molar-refractivity contribution is 0.364. The van der Waals surface area contributed by atoms with Gasteiger partial charge in [-0.15, -0.1) is 0 Å². The van der Waals surface area contributed by atoms with Crippen molar-refractivity contribution in [1.82, 2.24) is 0 Å². The van der Waals surface area contributed by atoms with Crippen molar-refractivity contribution in [2.75, 3.05) is 17.2 Å². The largest absolute Gasteiger partial charge is 0.397 e. The molecule has 0 aliphatic carbocycles. The molecule has 1 aromatic carbocycles. The summed E-state index contributed by atoms with van der Waals surface area (Å²) in [7, 11) is 0. The zero-order valence-electron chi connectivity index (χ0n) is 10.5. The number of nitrogens with zero attached hydrogens (tertiary/aromatic N) is 1. The van der Waals surface area contributed by atoms with Gasteiger partial charge in [0.15, 0.2) is 0 Å². The quantitative estimate of drug-likeness (QED) is 0.733. The first-order chi connectivity index (χ1) is 7.61. The number of hydrogen-bond donors (Lipinski definition) is 1. The fourth-order valence-electron chi connectivity index (χ4n) is 2.59. The summed E-state index contributed by atoms with van der Waals surface area (Å²) in [6.45, 7) is 7.87. The SMILES string of the molecule is Cc1cccc(N2CCCC(C)C2C)c1N. The topological polar surface area (TPSA) is 29.3 Å². The molecular weight excluding hydrogens is 196 g/mol. The minimum absolute atomic E-state index is 0.595. The normalized spacial score (nSPS) is 25.8. The maximum Gasteiger partial charge on any atom is 0.0605 e. The zero-order valence-corrected chi connectivity index (χ0v) is 10.5. The van der Waals surface area contributed by atoms with Crippen LogP contribution in [0.1, 0.15) is 32.3 Å². The van der Waals surface area contributed by atoms with Crippen molar-refractivity contribution in [1.29, 1.82) is 0 Å². The van der Waals surface area contributed by atoms with Gasteiger partial charge in [-0.3, -0.25) is 0 Å². The number of benzene rings is 1. The highest BCUT2D eigenvalue weighted by molar-refractivity contribution is 5.71. The second kappa shape index (κ2) is 4.36. The van der Waals surface area contributed by atoms with Crippen molar-refractivity contribution < 1.29 is 0 Å². The second-order valence-corrected chi connectivity index (χ2v) is 5.06. The van der Waals surface area contributed by atoms with Gasteiger partial charge >= 0.3 is 0 Å². The van der Waals surface area contributed by atoms with E-state index in [0.717, 1.165) is 18.2 Å². The Kier molecular flexibility index (Phi) is 3.08. The molecule has 2 nitrogen and oxygen atoms in total. The Morgan fingerprint density at radius 3 is 2.81 bits per heavy atom. The third kappa shape index (κ3) is 1.89. The molecule has 2 atom stereocenters. The average molecular weight is 218 g/mol. The Morgan fingerprint density at radius 1 is 1.31 bits per heavy atom. The third-order valence-corrected chi connectivity index (χ3v) is 3.98. The summed E-state index contributed by atoms with van der Waals surface area (Å²) in [6, 6.07) is 6.93. The van der Waals surface area contributed by atoms with E-state index in [4.69, 9.17) is 5.73 Å². The van der Waals surface area contributed by atoms with Gasteiger partial charge in [-0.1, -0.05) is 19.1 Å². The first kappa shape index (κ1) is 11.3. The first-order valence-corrected chi connectivity index (χ1v) is 6.23. The number of para-hydroxylation sites is 1. The Bertz CT molecular complexity index is 373. The van der Waals surface area contributed by atoms with Gasteiger partial charge in [0.2, 0.25) is 0 Å². The first-order valence-electron chi connectivity index (χ1n) is 6.23. The van der Waals surface area contributed by atoms with E-state index in [-0.39, 0.29) is 0 Å². The van der Waals surface area contributed by atoms with Crippen LogP contribution in [0.4, 0.5) is 11.4 Å². The minimum Gasteiger partial charge on any atom is -0.397 e.